The average Bonchev–Trinajstić information content (AvgIpc) is 2.66. The van der Waals surface area contributed by atoms with Crippen LogP contribution in [0.4, 0.5) is 11.4 Å². The minimum atomic E-state index is -0.457. The average molecular weight is 275 g/mol. The molecule has 2 rings (SSSR count). The van der Waals surface area contributed by atoms with Crippen molar-refractivity contribution in [3.8, 4) is 0 Å². The summed E-state index contributed by atoms with van der Waals surface area (Å²) in [7, 11) is 0. The summed E-state index contributed by atoms with van der Waals surface area (Å²) >= 11 is 1.74. The van der Waals surface area contributed by atoms with Crippen LogP contribution in [0.25, 0.3) is 0 Å². The molecule has 0 aliphatic carbocycles. The zero-order chi connectivity index (χ0) is 14.0. The fourth-order valence-electron chi connectivity index (χ4n) is 1.84. The van der Waals surface area contributed by atoms with E-state index < -0.39 is 5.91 Å². The van der Waals surface area contributed by atoms with Crippen LogP contribution < -0.4 is 16.8 Å². The lowest BCUT2D eigenvalue weighted by atomic mass is 10.1. The lowest BCUT2D eigenvalue weighted by Gasteiger charge is -2.10. The molecule has 0 saturated heterocycles. The first-order valence-electron chi connectivity index (χ1n) is 5.96. The lowest BCUT2D eigenvalue weighted by Crippen LogP contribution is -2.14. The second-order valence-electron chi connectivity index (χ2n) is 4.47. The van der Waals surface area contributed by atoms with Gasteiger partial charge in [0.2, 0.25) is 0 Å². The summed E-state index contributed by atoms with van der Waals surface area (Å²) in [5.41, 5.74) is 14.1. The van der Waals surface area contributed by atoms with Gasteiger partial charge in [-0.1, -0.05) is 0 Å². The maximum absolute atomic E-state index is 11.3. The Labute approximate surface area is 116 Å². The van der Waals surface area contributed by atoms with E-state index in [1.54, 1.807) is 29.5 Å². The molecule has 0 radical (unpaired) electrons. The minimum Gasteiger partial charge on any atom is -0.399 e. The molecular weight excluding hydrogens is 258 g/mol. The summed E-state index contributed by atoms with van der Waals surface area (Å²) in [4.78, 5) is 13.9. The molecule has 0 spiro atoms. The normalized spacial score (nSPS) is 10.4. The van der Waals surface area contributed by atoms with E-state index in [1.807, 2.05) is 0 Å². The molecule has 1 amide bonds. The predicted octanol–water partition coefficient (Wildman–Crippen LogP) is 2.66. The molecule has 0 aliphatic heterocycles. The van der Waals surface area contributed by atoms with Crippen LogP contribution in [0.5, 0.6) is 0 Å². The van der Waals surface area contributed by atoms with Crippen molar-refractivity contribution in [2.24, 2.45) is 5.73 Å². The summed E-state index contributed by atoms with van der Waals surface area (Å²) < 4.78 is 0. The van der Waals surface area contributed by atoms with Crippen LogP contribution in [0.15, 0.2) is 24.3 Å². The molecule has 100 valence electrons. The molecule has 0 unspecified atom stereocenters. The largest absolute Gasteiger partial charge is 0.399 e. The van der Waals surface area contributed by atoms with Crippen molar-refractivity contribution < 1.29 is 4.79 Å². The summed E-state index contributed by atoms with van der Waals surface area (Å²) in [6.45, 7) is 4.84. The van der Waals surface area contributed by atoms with Crippen molar-refractivity contribution in [1.82, 2.24) is 0 Å². The van der Waals surface area contributed by atoms with E-state index in [0.29, 0.717) is 23.5 Å². The molecule has 0 bridgehead atoms. The van der Waals surface area contributed by atoms with E-state index in [4.69, 9.17) is 11.5 Å². The lowest BCUT2D eigenvalue weighted by molar-refractivity contribution is 0.100. The molecule has 0 aliphatic rings. The van der Waals surface area contributed by atoms with Crippen molar-refractivity contribution in [3.63, 3.8) is 0 Å². The zero-order valence-electron chi connectivity index (χ0n) is 11.0. The Morgan fingerprint density at radius 1 is 1.32 bits per heavy atom. The Morgan fingerprint density at radius 2 is 2.05 bits per heavy atom. The van der Waals surface area contributed by atoms with Crippen molar-refractivity contribution in [1.29, 1.82) is 0 Å². The number of anilines is 2. The Balaban J connectivity index is 2.19. The number of aryl methyl sites for hydroxylation is 2. The number of nitrogens with two attached hydrogens (primary N) is 2. The fraction of sp³-hybridized carbons (Fsp3) is 0.214. The number of benzene rings is 1. The third kappa shape index (κ3) is 3.06. The molecule has 1 aromatic heterocycles. The van der Waals surface area contributed by atoms with Crippen LogP contribution in [0.3, 0.4) is 0 Å². The molecule has 5 N–H and O–H groups in total. The molecular formula is C14H17N3OS. The molecule has 2 aromatic rings. The molecule has 5 heteroatoms. The van der Waals surface area contributed by atoms with E-state index in [1.165, 1.54) is 15.3 Å². The van der Waals surface area contributed by atoms with Gasteiger partial charge >= 0.3 is 0 Å². The zero-order valence-corrected chi connectivity index (χ0v) is 11.8. The number of carbonyl (C=O) groups is 1. The number of nitrogens with one attached hydrogen (secondary N) is 1. The van der Waals surface area contributed by atoms with E-state index in [0.717, 1.165) is 0 Å². The SMILES string of the molecule is Cc1cc(CNc2cc(N)ccc2C(N)=O)sc1C. The third-order valence-electron chi connectivity index (χ3n) is 2.98. The number of thiophene rings is 1. The van der Waals surface area contributed by atoms with Gasteiger partial charge in [0.1, 0.15) is 0 Å². The Kier molecular flexibility index (Phi) is 3.76. The van der Waals surface area contributed by atoms with E-state index in [-0.39, 0.29) is 0 Å². The Bertz CT molecular complexity index is 600. The first-order valence-corrected chi connectivity index (χ1v) is 6.78. The highest BCUT2D eigenvalue weighted by molar-refractivity contribution is 7.12. The van der Waals surface area contributed by atoms with Gasteiger partial charge in [-0.25, -0.2) is 0 Å². The number of nitrogen functional groups attached to an aromatic ring is 1. The second-order valence-corrected chi connectivity index (χ2v) is 5.82. The van der Waals surface area contributed by atoms with Crippen LogP contribution in [-0.4, -0.2) is 5.91 Å². The summed E-state index contributed by atoms with van der Waals surface area (Å²) in [5, 5.41) is 3.22. The molecule has 0 atom stereocenters. The summed E-state index contributed by atoms with van der Waals surface area (Å²) in [6, 6.07) is 7.19. The molecule has 19 heavy (non-hydrogen) atoms. The molecule has 1 aromatic carbocycles. The van der Waals surface area contributed by atoms with Crippen molar-refractivity contribution in [2.45, 2.75) is 20.4 Å². The van der Waals surface area contributed by atoms with Gasteiger partial charge in [0.25, 0.3) is 5.91 Å². The van der Waals surface area contributed by atoms with Crippen LogP contribution in [0.2, 0.25) is 0 Å². The van der Waals surface area contributed by atoms with Crippen molar-refractivity contribution in [2.75, 3.05) is 11.1 Å². The molecule has 1 heterocycles. The van der Waals surface area contributed by atoms with E-state index >= 15 is 0 Å². The van der Waals surface area contributed by atoms with Crippen LogP contribution in [-0.2, 0) is 6.54 Å². The molecule has 4 nitrogen and oxygen atoms in total. The van der Waals surface area contributed by atoms with Crippen LogP contribution in [0, 0.1) is 13.8 Å². The monoisotopic (exact) mass is 275 g/mol. The summed E-state index contributed by atoms with van der Waals surface area (Å²) in [6.07, 6.45) is 0. The quantitative estimate of drug-likeness (QED) is 0.750. The second kappa shape index (κ2) is 5.32. The van der Waals surface area contributed by atoms with Crippen LogP contribution in [0.1, 0.15) is 25.7 Å². The first-order chi connectivity index (χ1) is 8.97. The summed E-state index contributed by atoms with van der Waals surface area (Å²) in [5.74, 6) is -0.457. The van der Waals surface area contributed by atoms with E-state index in [9.17, 15) is 4.79 Å². The van der Waals surface area contributed by atoms with Gasteiger partial charge in [0.05, 0.1) is 5.56 Å². The van der Waals surface area contributed by atoms with Gasteiger partial charge in [-0.15, -0.1) is 11.3 Å². The minimum absolute atomic E-state index is 0.457. The van der Waals surface area contributed by atoms with Crippen molar-refractivity contribution in [3.05, 3.63) is 45.1 Å². The highest BCUT2D eigenvalue weighted by atomic mass is 32.1. The van der Waals surface area contributed by atoms with Gasteiger partial charge in [-0.05, 0) is 43.7 Å². The number of primary amides is 1. The third-order valence-corrected chi connectivity index (χ3v) is 4.13. The number of amides is 1. The smallest absolute Gasteiger partial charge is 0.250 e. The van der Waals surface area contributed by atoms with Gasteiger partial charge in [-0.3, -0.25) is 4.79 Å². The standard InChI is InChI=1S/C14H17N3OS/c1-8-5-11(19-9(8)2)7-17-13-6-10(15)3-4-12(13)14(16)18/h3-6,17H,7,15H2,1-2H3,(H2,16,18). The number of hydrogen-bond donors (Lipinski definition) is 3. The Morgan fingerprint density at radius 3 is 2.63 bits per heavy atom. The highest BCUT2D eigenvalue weighted by Gasteiger charge is 2.09. The first kappa shape index (κ1) is 13.4. The van der Waals surface area contributed by atoms with Gasteiger partial charge in [-0.2, -0.15) is 0 Å². The topological polar surface area (TPSA) is 81.1 Å². The van der Waals surface area contributed by atoms with E-state index in [2.05, 4.69) is 25.2 Å². The van der Waals surface area contributed by atoms with Gasteiger partial charge < -0.3 is 16.8 Å². The maximum atomic E-state index is 11.3. The number of hydrogen-bond acceptors (Lipinski definition) is 4. The molecule has 0 saturated carbocycles. The van der Waals surface area contributed by atoms with Gasteiger partial charge in [0, 0.05) is 27.7 Å². The van der Waals surface area contributed by atoms with Crippen LogP contribution >= 0.6 is 11.3 Å². The highest BCUT2D eigenvalue weighted by Crippen LogP contribution is 2.24. The Hall–Kier alpha value is -2.01. The maximum Gasteiger partial charge on any atom is 0.250 e. The number of carbonyl (C=O) groups excluding carboxylic acids is 1. The molecule has 0 fully saturated rings. The predicted molar refractivity (Wildman–Crippen MR) is 80.5 cm³/mol. The van der Waals surface area contributed by atoms with Crippen molar-refractivity contribution >= 4 is 28.6 Å². The van der Waals surface area contributed by atoms with Gasteiger partial charge in [0.15, 0.2) is 0 Å². The fourth-order valence-corrected chi connectivity index (χ4v) is 2.84. The number of rotatable bonds is 4.